The smallest absolute Gasteiger partial charge is 0.342 e. The Labute approximate surface area is 190 Å². The summed E-state index contributed by atoms with van der Waals surface area (Å²) >= 11 is 1.29. The Morgan fingerprint density at radius 3 is 2.69 bits per heavy atom. The largest absolute Gasteiger partial charge is 0.495 e. The van der Waals surface area contributed by atoms with Crippen molar-refractivity contribution in [2.75, 3.05) is 12.0 Å². The Morgan fingerprint density at radius 2 is 1.94 bits per heavy atom. The molecule has 0 N–H and O–H groups in total. The van der Waals surface area contributed by atoms with E-state index in [4.69, 9.17) is 14.2 Å². The average Bonchev–Trinajstić information content (AvgIpc) is 3.36. The Bertz CT molecular complexity index is 1160. The van der Waals surface area contributed by atoms with Crippen LogP contribution in [0.2, 0.25) is 0 Å². The fourth-order valence-electron chi connectivity index (χ4n) is 3.65. The first kappa shape index (κ1) is 21.8. The molecule has 0 fully saturated rings. The quantitative estimate of drug-likeness (QED) is 0.486. The Kier molecular flexibility index (Phi) is 6.14. The van der Waals surface area contributed by atoms with Crippen LogP contribution in [0.4, 0.5) is 10.8 Å². The van der Waals surface area contributed by atoms with Crippen molar-refractivity contribution < 1.29 is 23.8 Å². The van der Waals surface area contributed by atoms with Gasteiger partial charge < -0.3 is 14.2 Å². The van der Waals surface area contributed by atoms with Crippen LogP contribution >= 0.6 is 11.3 Å². The average molecular weight is 453 g/mol. The van der Waals surface area contributed by atoms with Gasteiger partial charge >= 0.3 is 5.97 Å². The summed E-state index contributed by atoms with van der Waals surface area (Å²) in [7, 11) is 1.55. The van der Waals surface area contributed by atoms with Crippen molar-refractivity contribution >= 4 is 34.0 Å². The molecule has 32 heavy (non-hydrogen) atoms. The zero-order valence-electron chi connectivity index (χ0n) is 18.3. The van der Waals surface area contributed by atoms with E-state index in [0.29, 0.717) is 33.6 Å². The lowest BCUT2D eigenvalue weighted by atomic mass is 9.97. The van der Waals surface area contributed by atoms with Gasteiger partial charge in [-0.25, -0.2) is 9.78 Å². The minimum atomic E-state index is -0.467. The summed E-state index contributed by atoms with van der Waals surface area (Å²) < 4.78 is 16.8. The van der Waals surface area contributed by atoms with E-state index in [2.05, 4.69) is 11.9 Å². The molecule has 2 aromatic carbocycles. The van der Waals surface area contributed by atoms with Crippen LogP contribution in [0.1, 0.15) is 48.3 Å². The predicted octanol–water partition coefficient (Wildman–Crippen LogP) is 5.08. The molecule has 2 unspecified atom stereocenters. The minimum absolute atomic E-state index is 0.00703. The zero-order valence-corrected chi connectivity index (χ0v) is 19.1. The number of benzene rings is 2. The summed E-state index contributed by atoms with van der Waals surface area (Å²) in [6.07, 6.45) is 0.00703. The van der Waals surface area contributed by atoms with Crippen molar-refractivity contribution in [2.45, 2.75) is 39.4 Å². The number of thiazole rings is 1. The van der Waals surface area contributed by atoms with Crippen molar-refractivity contribution in [1.29, 1.82) is 0 Å². The molecule has 0 saturated carbocycles. The highest BCUT2D eigenvalue weighted by molar-refractivity contribution is 7.14. The van der Waals surface area contributed by atoms with Crippen LogP contribution < -0.4 is 14.4 Å². The molecule has 0 saturated heterocycles. The van der Waals surface area contributed by atoms with Crippen LogP contribution in [0, 0.1) is 0 Å². The summed E-state index contributed by atoms with van der Waals surface area (Å²) in [5.74, 6) is 0.701. The van der Waals surface area contributed by atoms with Gasteiger partial charge in [-0.15, -0.1) is 11.3 Å². The fraction of sp³-hybridized carbons (Fsp3) is 0.292. The second kappa shape index (κ2) is 9.00. The maximum absolute atomic E-state index is 12.7. The summed E-state index contributed by atoms with van der Waals surface area (Å²) in [5.41, 5.74) is 2.57. The molecule has 0 aliphatic carbocycles. The second-order valence-corrected chi connectivity index (χ2v) is 8.40. The standard InChI is InChI=1S/C24H24N2O5S/c1-14-15(2)31-22-18(14)8-7-9-19(22)23(28)30-12-17-13-32-24(25-17)26(16(3)27)20-10-5-6-11-21(20)29-4/h5-11,13-15H,12H2,1-4H3. The highest BCUT2D eigenvalue weighted by Crippen LogP contribution is 2.40. The number of ether oxygens (including phenoxy) is 3. The van der Waals surface area contributed by atoms with Gasteiger partial charge in [0.1, 0.15) is 29.8 Å². The normalized spacial score (nSPS) is 16.8. The number of carbonyl (C=O) groups is 2. The van der Waals surface area contributed by atoms with Crippen LogP contribution in [0.15, 0.2) is 47.8 Å². The van der Waals surface area contributed by atoms with E-state index in [-0.39, 0.29) is 24.5 Å². The Hall–Kier alpha value is -3.39. The molecule has 4 rings (SSSR count). The highest BCUT2D eigenvalue weighted by atomic mass is 32.1. The maximum atomic E-state index is 12.7. The lowest BCUT2D eigenvalue weighted by Gasteiger charge is -2.20. The summed E-state index contributed by atoms with van der Waals surface area (Å²) in [6, 6.07) is 12.7. The molecule has 3 aromatic rings. The van der Waals surface area contributed by atoms with E-state index in [9.17, 15) is 9.59 Å². The lowest BCUT2D eigenvalue weighted by molar-refractivity contribution is -0.115. The fourth-order valence-corrected chi connectivity index (χ4v) is 4.52. The first-order valence-electron chi connectivity index (χ1n) is 10.3. The molecular weight excluding hydrogens is 428 g/mol. The maximum Gasteiger partial charge on any atom is 0.342 e. The number of amides is 1. The van der Waals surface area contributed by atoms with Crippen molar-refractivity contribution in [2.24, 2.45) is 0 Å². The van der Waals surface area contributed by atoms with E-state index in [1.807, 2.05) is 31.2 Å². The van der Waals surface area contributed by atoms with Crippen molar-refractivity contribution in [3.8, 4) is 11.5 Å². The Balaban J connectivity index is 1.51. The molecule has 1 amide bonds. The molecule has 0 bridgehead atoms. The van der Waals surface area contributed by atoms with Crippen LogP contribution in [-0.2, 0) is 16.1 Å². The molecule has 0 radical (unpaired) electrons. The van der Waals surface area contributed by atoms with Crippen LogP contribution in [0.5, 0.6) is 11.5 Å². The molecule has 0 spiro atoms. The van der Waals surface area contributed by atoms with Gasteiger partial charge in [0.25, 0.3) is 0 Å². The topological polar surface area (TPSA) is 78.0 Å². The highest BCUT2D eigenvalue weighted by Gasteiger charge is 2.31. The van der Waals surface area contributed by atoms with Crippen molar-refractivity contribution in [3.05, 3.63) is 64.7 Å². The molecule has 2 atom stereocenters. The number of hydrogen-bond acceptors (Lipinski definition) is 7. The van der Waals surface area contributed by atoms with Gasteiger partial charge in [-0.2, -0.15) is 0 Å². The number of carbonyl (C=O) groups excluding carboxylic acids is 2. The number of nitrogens with zero attached hydrogens (tertiary/aromatic N) is 2. The molecule has 1 aromatic heterocycles. The van der Waals surface area contributed by atoms with E-state index < -0.39 is 5.97 Å². The van der Waals surface area contributed by atoms with E-state index >= 15 is 0 Å². The third kappa shape index (κ3) is 4.05. The Morgan fingerprint density at radius 1 is 1.16 bits per heavy atom. The number of anilines is 2. The molecular formula is C24H24N2O5S. The number of fused-ring (bicyclic) bond motifs is 1. The molecule has 1 aliphatic rings. The van der Waals surface area contributed by atoms with Gasteiger partial charge in [0.2, 0.25) is 5.91 Å². The van der Waals surface area contributed by atoms with E-state index in [0.717, 1.165) is 5.56 Å². The number of hydrogen-bond donors (Lipinski definition) is 0. The van der Waals surface area contributed by atoms with Gasteiger partial charge in [0.05, 0.1) is 18.5 Å². The van der Waals surface area contributed by atoms with E-state index in [1.165, 1.54) is 23.2 Å². The molecule has 2 heterocycles. The number of esters is 1. The van der Waals surface area contributed by atoms with Crippen molar-refractivity contribution in [1.82, 2.24) is 4.98 Å². The first-order chi connectivity index (χ1) is 15.4. The number of para-hydroxylation sites is 3. The minimum Gasteiger partial charge on any atom is -0.495 e. The molecule has 8 heteroatoms. The lowest BCUT2D eigenvalue weighted by Crippen LogP contribution is -2.23. The molecule has 166 valence electrons. The third-order valence-electron chi connectivity index (χ3n) is 5.49. The van der Waals surface area contributed by atoms with E-state index in [1.54, 1.807) is 30.7 Å². The predicted molar refractivity (Wildman–Crippen MR) is 122 cm³/mol. The van der Waals surface area contributed by atoms with Gasteiger partial charge in [0, 0.05) is 23.8 Å². The van der Waals surface area contributed by atoms with Gasteiger partial charge in [-0.05, 0) is 25.1 Å². The van der Waals surface area contributed by atoms with Crippen LogP contribution in [-0.4, -0.2) is 30.1 Å². The summed E-state index contributed by atoms with van der Waals surface area (Å²) in [6.45, 7) is 5.51. The number of aromatic nitrogens is 1. The number of rotatable bonds is 6. The molecule has 1 aliphatic heterocycles. The zero-order chi connectivity index (χ0) is 22.8. The van der Waals surface area contributed by atoms with Gasteiger partial charge in [-0.1, -0.05) is 31.2 Å². The van der Waals surface area contributed by atoms with Crippen molar-refractivity contribution in [3.63, 3.8) is 0 Å². The SMILES string of the molecule is COc1ccccc1N(C(C)=O)c1nc(COC(=O)c2cccc3c2OC(C)C3C)cs1. The van der Waals surface area contributed by atoms with Gasteiger partial charge in [0.15, 0.2) is 5.13 Å². The first-order valence-corrected chi connectivity index (χ1v) is 11.1. The van der Waals surface area contributed by atoms with Gasteiger partial charge in [-0.3, -0.25) is 9.69 Å². The third-order valence-corrected chi connectivity index (χ3v) is 6.36. The summed E-state index contributed by atoms with van der Waals surface area (Å²) in [4.78, 5) is 31.1. The monoisotopic (exact) mass is 452 g/mol. The molecule has 7 nitrogen and oxygen atoms in total. The van der Waals surface area contributed by atoms with Crippen LogP contribution in [0.25, 0.3) is 0 Å². The van der Waals surface area contributed by atoms with Crippen LogP contribution in [0.3, 0.4) is 0 Å². The second-order valence-electron chi connectivity index (χ2n) is 7.56. The summed E-state index contributed by atoms with van der Waals surface area (Å²) in [5, 5.41) is 2.24. The number of methoxy groups -OCH3 is 1.